The molecule has 2 aliphatic heterocycles. The second-order valence-corrected chi connectivity index (χ2v) is 12.6. The number of hydrogen-bond donors (Lipinski definition) is 0. The average Bonchev–Trinajstić information content (AvgIpc) is 3.02. The van der Waals surface area contributed by atoms with E-state index in [2.05, 4.69) is 126 Å². The third kappa shape index (κ3) is 3.19. The third-order valence-electron chi connectivity index (χ3n) is 7.99. The molecule has 0 radical (unpaired) electrons. The van der Waals surface area contributed by atoms with E-state index in [9.17, 15) is 0 Å². The Bertz CT molecular complexity index is 1810. The first-order chi connectivity index (χ1) is 19.2. The Morgan fingerprint density at radius 1 is 0.385 bits per heavy atom. The summed E-state index contributed by atoms with van der Waals surface area (Å²) >= 11 is 0. The first-order valence-electron chi connectivity index (χ1n) is 13.2. The smallest absolute Gasteiger partial charge is 0.235 e. The molecule has 3 heteroatoms. The maximum absolute atomic E-state index is 15.6. The largest absolute Gasteiger partial charge is 0.289 e. The van der Waals surface area contributed by atoms with Crippen molar-refractivity contribution < 1.29 is 4.57 Å². The lowest BCUT2D eigenvalue weighted by Gasteiger charge is -2.44. The molecule has 0 saturated carbocycles. The summed E-state index contributed by atoms with van der Waals surface area (Å²) in [5.74, 6) is 0. The molecule has 0 amide bonds. The maximum Gasteiger partial charge on any atom is 0.235 e. The third-order valence-corrected chi connectivity index (χ3v) is 11.1. The van der Waals surface area contributed by atoms with Crippen molar-refractivity contribution in [3.05, 3.63) is 146 Å². The summed E-state index contributed by atoms with van der Waals surface area (Å²) in [5.41, 5.74) is 10.9. The Labute approximate surface area is 228 Å². The van der Waals surface area contributed by atoms with Crippen LogP contribution in [0, 0.1) is 0 Å². The van der Waals surface area contributed by atoms with E-state index in [1.165, 1.54) is 11.1 Å². The number of nitrogens with zero attached hydrogens (tertiary/aromatic N) is 1. The van der Waals surface area contributed by atoms with Crippen LogP contribution in [0.15, 0.2) is 146 Å². The fraction of sp³-hybridized carbons (Fsp3) is 0. The zero-order valence-electron chi connectivity index (χ0n) is 21.2. The van der Waals surface area contributed by atoms with Gasteiger partial charge in [0.15, 0.2) is 0 Å². The molecule has 8 rings (SSSR count). The highest BCUT2D eigenvalue weighted by atomic mass is 31.2. The van der Waals surface area contributed by atoms with E-state index in [0.717, 1.165) is 55.4 Å². The van der Waals surface area contributed by atoms with Crippen LogP contribution in [0.4, 0.5) is 11.4 Å². The van der Waals surface area contributed by atoms with Gasteiger partial charge in [-0.15, -0.1) is 0 Å². The van der Waals surface area contributed by atoms with Crippen LogP contribution in [0.2, 0.25) is 0 Å². The summed E-state index contributed by atoms with van der Waals surface area (Å²) < 4.78 is 17.8. The van der Waals surface area contributed by atoms with Crippen LogP contribution in [0.3, 0.4) is 0 Å². The van der Waals surface area contributed by atoms with Crippen molar-refractivity contribution >= 4 is 29.3 Å². The molecule has 0 fully saturated rings. The first kappa shape index (κ1) is 22.3. The van der Waals surface area contributed by atoms with Crippen LogP contribution < -0.4 is 15.3 Å². The van der Waals surface area contributed by atoms with E-state index in [4.69, 9.17) is 0 Å². The zero-order chi connectivity index (χ0) is 26.0. The molecule has 0 unspecified atom stereocenters. The molecular formula is C36H24NOP. The van der Waals surface area contributed by atoms with Gasteiger partial charge >= 0.3 is 0 Å². The summed E-state index contributed by atoms with van der Waals surface area (Å²) in [6, 6.07) is 50.5. The Balaban J connectivity index is 1.43. The molecule has 6 aromatic carbocycles. The van der Waals surface area contributed by atoms with Gasteiger partial charge in [-0.05, 0) is 69.8 Å². The highest BCUT2D eigenvalue weighted by Crippen LogP contribution is 2.66. The molecule has 184 valence electrons. The van der Waals surface area contributed by atoms with Crippen molar-refractivity contribution in [1.82, 2.24) is 0 Å². The lowest BCUT2D eigenvalue weighted by atomic mass is 9.94. The molecule has 0 spiro atoms. The molecule has 6 aromatic rings. The molecule has 2 nitrogen and oxygen atoms in total. The van der Waals surface area contributed by atoms with Crippen LogP contribution in [-0.4, -0.2) is 0 Å². The SMILES string of the molecule is O=P12c3ccccc3-c3cc(-c4ccccc4)ccc3N1c1ccc(-c3ccccc3)cc1-c1ccccc12. The Morgan fingerprint density at radius 2 is 0.795 bits per heavy atom. The summed E-state index contributed by atoms with van der Waals surface area (Å²) in [7, 11) is -3.20. The van der Waals surface area contributed by atoms with Crippen LogP contribution >= 0.6 is 7.29 Å². The number of fused-ring (bicyclic) bond motifs is 11. The van der Waals surface area contributed by atoms with Crippen molar-refractivity contribution in [2.24, 2.45) is 0 Å². The molecule has 39 heavy (non-hydrogen) atoms. The van der Waals surface area contributed by atoms with Gasteiger partial charge in [0.1, 0.15) is 0 Å². The standard InChI is InChI=1S/C36H24NOP/c38-39-35-17-9-7-15-29(35)31-23-27(25-11-3-1-4-12-25)19-21-33(31)37(39)34-22-20-28(26-13-5-2-6-14-26)24-32(34)30-16-8-10-18-36(30)39/h1-24H. The van der Waals surface area contributed by atoms with Crippen LogP contribution in [0.5, 0.6) is 0 Å². The van der Waals surface area contributed by atoms with Gasteiger partial charge in [0.25, 0.3) is 0 Å². The Kier molecular flexibility index (Phi) is 4.83. The second-order valence-electron chi connectivity index (χ2n) is 10.1. The minimum atomic E-state index is -3.20. The molecule has 0 N–H and O–H groups in total. The van der Waals surface area contributed by atoms with Crippen molar-refractivity contribution in [2.45, 2.75) is 0 Å². The molecule has 2 aliphatic rings. The van der Waals surface area contributed by atoms with Crippen LogP contribution in [0.1, 0.15) is 0 Å². The molecule has 0 aliphatic carbocycles. The fourth-order valence-corrected chi connectivity index (χ4v) is 9.47. The van der Waals surface area contributed by atoms with Crippen molar-refractivity contribution in [3.8, 4) is 44.5 Å². The van der Waals surface area contributed by atoms with Crippen LogP contribution in [0.25, 0.3) is 44.5 Å². The van der Waals surface area contributed by atoms with E-state index < -0.39 is 7.29 Å². The van der Waals surface area contributed by atoms with E-state index >= 15 is 4.57 Å². The minimum Gasteiger partial charge on any atom is -0.289 e. The highest BCUT2D eigenvalue weighted by molar-refractivity contribution is 7.81. The van der Waals surface area contributed by atoms with Gasteiger partial charge in [-0.25, -0.2) is 0 Å². The monoisotopic (exact) mass is 517 g/mol. The van der Waals surface area contributed by atoms with Gasteiger partial charge in [-0.3, -0.25) is 9.24 Å². The summed E-state index contributed by atoms with van der Waals surface area (Å²) in [6.07, 6.45) is 0. The molecule has 0 aromatic heterocycles. The van der Waals surface area contributed by atoms with Crippen molar-refractivity contribution in [2.75, 3.05) is 4.67 Å². The Hall–Kier alpha value is -4.65. The van der Waals surface area contributed by atoms with E-state index in [1.807, 2.05) is 24.3 Å². The number of anilines is 2. The van der Waals surface area contributed by atoms with Crippen molar-refractivity contribution in [3.63, 3.8) is 0 Å². The molecule has 0 bridgehead atoms. The van der Waals surface area contributed by atoms with Gasteiger partial charge in [-0.2, -0.15) is 0 Å². The topological polar surface area (TPSA) is 20.3 Å². The van der Waals surface area contributed by atoms with Gasteiger partial charge in [0.05, 0.1) is 11.4 Å². The average molecular weight is 518 g/mol. The maximum atomic E-state index is 15.6. The van der Waals surface area contributed by atoms with Gasteiger partial charge < -0.3 is 0 Å². The first-order valence-corrected chi connectivity index (χ1v) is 14.9. The van der Waals surface area contributed by atoms with Crippen molar-refractivity contribution in [1.29, 1.82) is 0 Å². The lowest BCUT2D eigenvalue weighted by Crippen LogP contribution is -2.37. The normalized spacial score (nSPS) is 13.9. The van der Waals surface area contributed by atoms with E-state index in [-0.39, 0.29) is 0 Å². The zero-order valence-corrected chi connectivity index (χ0v) is 22.1. The Morgan fingerprint density at radius 3 is 1.26 bits per heavy atom. The predicted molar refractivity (Wildman–Crippen MR) is 164 cm³/mol. The molecule has 0 atom stereocenters. The second kappa shape index (κ2) is 8.43. The predicted octanol–water partition coefficient (Wildman–Crippen LogP) is 9.05. The summed E-state index contributed by atoms with van der Waals surface area (Å²) in [5, 5.41) is 1.79. The van der Waals surface area contributed by atoms with Gasteiger partial charge in [0, 0.05) is 21.7 Å². The quantitative estimate of drug-likeness (QED) is 0.214. The van der Waals surface area contributed by atoms with E-state index in [1.54, 1.807) is 0 Å². The number of hydrogen-bond acceptors (Lipinski definition) is 1. The molecular weight excluding hydrogens is 493 g/mol. The summed E-state index contributed by atoms with van der Waals surface area (Å²) in [4.78, 5) is 0. The molecule has 2 heterocycles. The van der Waals surface area contributed by atoms with Gasteiger partial charge in [0.2, 0.25) is 7.29 Å². The summed E-state index contributed by atoms with van der Waals surface area (Å²) in [6.45, 7) is 0. The fourth-order valence-electron chi connectivity index (χ4n) is 6.20. The molecule has 0 saturated heterocycles. The van der Waals surface area contributed by atoms with Crippen LogP contribution in [-0.2, 0) is 4.57 Å². The minimum absolute atomic E-state index is 0.896. The highest BCUT2D eigenvalue weighted by Gasteiger charge is 2.47. The van der Waals surface area contributed by atoms with Gasteiger partial charge in [-0.1, -0.05) is 109 Å². The lowest BCUT2D eigenvalue weighted by molar-refractivity contribution is 0.586. The van der Waals surface area contributed by atoms with E-state index in [0.29, 0.717) is 0 Å². The number of rotatable bonds is 2. The number of benzene rings is 6.